The Morgan fingerprint density at radius 3 is 2.79 bits per heavy atom. The van der Waals surface area contributed by atoms with Crippen molar-refractivity contribution in [2.45, 2.75) is 30.1 Å². The number of hydrogen-bond donors (Lipinski definition) is 1. The number of fused-ring (bicyclic) bond motifs is 1. The van der Waals surface area contributed by atoms with Crippen molar-refractivity contribution in [3.05, 3.63) is 58.2 Å². The van der Waals surface area contributed by atoms with E-state index in [9.17, 15) is 22.8 Å². The van der Waals surface area contributed by atoms with Gasteiger partial charge in [0.15, 0.2) is 5.60 Å². The monoisotopic (exact) mass is 444 g/mol. The molecule has 1 N–H and O–H groups in total. The number of alkyl halides is 3. The molecule has 1 amide bonds. The Morgan fingerprint density at radius 2 is 2.10 bits per heavy atom. The van der Waals surface area contributed by atoms with Gasteiger partial charge in [-0.05, 0) is 24.6 Å². The average Bonchev–Trinajstić information content (AvgIpc) is 2.65. The van der Waals surface area contributed by atoms with E-state index in [1.807, 2.05) is 0 Å². The summed E-state index contributed by atoms with van der Waals surface area (Å²) in [5, 5.41) is 2.81. The fourth-order valence-corrected chi connectivity index (χ4v) is 3.90. The minimum atomic E-state index is -4.51. The molecule has 1 aromatic heterocycles. The van der Waals surface area contributed by atoms with Gasteiger partial charge in [-0.3, -0.25) is 4.79 Å². The highest BCUT2D eigenvalue weighted by atomic mass is 35.5. The Morgan fingerprint density at radius 1 is 1.38 bits per heavy atom. The number of nitrogens with zero attached hydrogens (tertiary/aromatic N) is 1. The lowest BCUT2D eigenvalue weighted by molar-refractivity contribution is -0.139. The number of ether oxygens (including phenoxy) is 1. The molecule has 0 aliphatic carbocycles. The number of thioether (sulfide) groups is 1. The van der Waals surface area contributed by atoms with E-state index < -0.39 is 29.2 Å². The fourth-order valence-electron chi connectivity index (χ4n) is 2.85. The molecule has 0 fully saturated rings. The second-order valence-electron chi connectivity index (χ2n) is 6.57. The topological polar surface area (TPSA) is 68.3 Å². The van der Waals surface area contributed by atoms with Crippen LogP contribution in [0.1, 0.15) is 28.4 Å². The van der Waals surface area contributed by atoms with Gasteiger partial charge in [0.05, 0.1) is 16.1 Å². The van der Waals surface area contributed by atoms with Crippen molar-refractivity contribution in [2.24, 2.45) is 0 Å². The number of rotatable bonds is 5. The Kier molecular flexibility index (Phi) is 6.09. The van der Waals surface area contributed by atoms with Gasteiger partial charge in [-0.15, -0.1) is 11.8 Å². The average molecular weight is 445 g/mol. The third-order valence-electron chi connectivity index (χ3n) is 4.32. The standard InChI is InChI=1S/C19H16ClF3N2O3S/c1-18(9-11-4-2-3-5-13(11)16(26)28-18)17(27)24-6-7-29-15-14(20)8-12(10-25-15)19(21,22)23/h2-5,8,10H,6-7,9H2,1H3,(H,24,27). The molecule has 10 heteroatoms. The lowest BCUT2D eigenvalue weighted by Crippen LogP contribution is -2.52. The number of halogens is 4. The predicted octanol–water partition coefficient (Wildman–Crippen LogP) is 4.13. The van der Waals surface area contributed by atoms with E-state index in [4.69, 9.17) is 16.3 Å². The van der Waals surface area contributed by atoms with Crippen LogP contribution in [0.3, 0.4) is 0 Å². The number of carbonyl (C=O) groups is 2. The van der Waals surface area contributed by atoms with Crippen LogP contribution in [0.25, 0.3) is 0 Å². The van der Waals surface area contributed by atoms with Gasteiger partial charge in [-0.25, -0.2) is 9.78 Å². The second-order valence-corrected chi connectivity index (χ2v) is 8.06. The van der Waals surface area contributed by atoms with Gasteiger partial charge in [0.2, 0.25) is 0 Å². The van der Waals surface area contributed by atoms with Crippen LogP contribution in [0.4, 0.5) is 13.2 Å². The first-order valence-electron chi connectivity index (χ1n) is 8.55. The Labute approximate surface area is 174 Å². The number of pyridine rings is 1. The van der Waals surface area contributed by atoms with E-state index in [-0.39, 0.29) is 23.0 Å². The molecule has 0 saturated carbocycles. The van der Waals surface area contributed by atoms with Crippen LogP contribution in [0, 0.1) is 0 Å². The molecule has 2 heterocycles. The van der Waals surface area contributed by atoms with Crippen LogP contribution < -0.4 is 5.32 Å². The number of aromatic nitrogens is 1. The van der Waals surface area contributed by atoms with Gasteiger partial charge >= 0.3 is 12.1 Å². The highest BCUT2D eigenvalue weighted by molar-refractivity contribution is 7.99. The van der Waals surface area contributed by atoms with Gasteiger partial charge in [0.25, 0.3) is 5.91 Å². The molecule has 154 valence electrons. The molecule has 5 nitrogen and oxygen atoms in total. The number of amides is 1. The highest BCUT2D eigenvalue weighted by Gasteiger charge is 2.42. The minimum absolute atomic E-state index is 0.110. The Balaban J connectivity index is 1.55. The summed E-state index contributed by atoms with van der Waals surface area (Å²) < 4.78 is 43.3. The molecule has 0 saturated heterocycles. The van der Waals surface area contributed by atoms with Crippen molar-refractivity contribution in [3.63, 3.8) is 0 Å². The largest absolute Gasteiger partial charge is 0.445 e. The molecule has 0 spiro atoms. The summed E-state index contributed by atoms with van der Waals surface area (Å²) in [6, 6.07) is 7.74. The van der Waals surface area contributed by atoms with E-state index in [2.05, 4.69) is 10.3 Å². The zero-order chi connectivity index (χ0) is 21.2. The lowest BCUT2D eigenvalue weighted by Gasteiger charge is -2.33. The van der Waals surface area contributed by atoms with Crippen LogP contribution in [0.15, 0.2) is 41.6 Å². The van der Waals surface area contributed by atoms with E-state index >= 15 is 0 Å². The SMILES string of the molecule is CC1(C(=O)NCCSc2ncc(C(F)(F)F)cc2Cl)Cc2ccccc2C(=O)O1. The Hall–Kier alpha value is -2.26. The smallest absolute Gasteiger partial charge is 0.417 e. The maximum Gasteiger partial charge on any atom is 0.417 e. The first-order valence-corrected chi connectivity index (χ1v) is 9.91. The molecule has 2 aromatic rings. The summed E-state index contributed by atoms with van der Waals surface area (Å²) in [5.74, 6) is -0.684. The van der Waals surface area contributed by atoms with Gasteiger partial charge in [0.1, 0.15) is 5.03 Å². The van der Waals surface area contributed by atoms with E-state index in [0.29, 0.717) is 17.5 Å². The number of carbonyl (C=O) groups excluding carboxylic acids is 2. The van der Waals surface area contributed by atoms with Crippen molar-refractivity contribution < 1.29 is 27.5 Å². The third kappa shape index (κ3) is 4.84. The number of esters is 1. The van der Waals surface area contributed by atoms with Gasteiger partial charge in [-0.1, -0.05) is 29.8 Å². The lowest BCUT2D eigenvalue weighted by atomic mass is 9.89. The van der Waals surface area contributed by atoms with Crippen molar-refractivity contribution in [1.82, 2.24) is 10.3 Å². The normalized spacial score (nSPS) is 18.7. The number of nitrogens with one attached hydrogen (secondary N) is 1. The van der Waals surface area contributed by atoms with Crippen molar-refractivity contribution >= 4 is 35.2 Å². The summed E-state index contributed by atoms with van der Waals surface area (Å²) >= 11 is 6.97. The molecular formula is C19H16ClF3N2O3S. The third-order valence-corrected chi connectivity index (χ3v) is 5.73. The molecule has 3 rings (SSSR count). The molecule has 1 aliphatic heterocycles. The number of cyclic esters (lactones) is 1. The predicted molar refractivity (Wildman–Crippen MR) is 102 cm³/mol. The molecule has 1 unspecified atom stereocenters. The first-order chi connectivity index (χ1) is 13.6. The Bertz CT molecular complexity index is 955. The van der Waals surface area contributed by atoms with Crippen molar-refractivity contribution in [1.29, 1.82) is 0 Å². The molecule has 0 bridgehead atoms. The van der Waals surface area contributed by atoms with Crippen molar-refractivity contribution in [3.8, 4) is 0 Å². The van der Waals surface area contributed by atoms with Crippen LogP contribution in [0.2, 0.25) is 5.02 Å². The van der Waals surface area contributed by atoms with Gasteiger partial charge in [-0.2, -0.15) is 13.2 Å². The zero-order valence-corrected chi connectivity index (χ0v) is 16.7. The van der Waals surface area contributed by atoms with Crippen LogP contribution in [-0.2, 0) is 22.1 Å². The summed E-state index contributed by atoms with van der Waals surface area (Å²) in [6.07, 6.45) is -3.55. The zero-order valence-electron chi connectivity index (χ0n) is 15.2. The van der Waals surface area contributed by atoms with Crippen LogP contribution in [0.5, 0.6) is 0 Å². The van der Waals surface area contributed by atoms with Gasteiger partial charge < -0.3 is 10.1 Å². The summed E-state index contributed by atoms with van der Waals surface area (Å²) in [5.41, 5.74) is -1.08. The molecule has 1 atom stereocenters. The van der Waals surface area contributed by atoms with Crippen molar-refractivity contribution in [2.75, 3.05) is 12.3 Å². The summed E-state index contributed by atoms with van der Waals surface area (Å²) in [4.78, 5) is 28.4. The maximum atomic E-state index is 12.6. The molecule has 1 aromatic carbocycles. The molecule has 0 radical (unpaired) electrons. The summed E-state index contributed by atoms with van der Waals surface area (Å²) in [6.45, 7) is 1.73. The van der Waals surface area contributed by atoms with E-state index in [1.165, 1.54) is 6.92 Å². The minimum Gasteiger partial charge on any atom is -0.445 e. The number of benzene rings is 1. The highest BCUT2D eigenvalue weighted by Crippen LogP contribution is 2.33. The van der Waals surface area contributed by atoms with Gasteiger partial charge in [0, 0.05) is 24.9 Å². The quantitative estimate of drug-likeness (QED) is 0.426. The first kappa shape index (κ1) is 21.4. The van der Waals surface area contributed by atoms with Crippen LogP contribution in [-0.4, -0.2) is 34.8 Å². The molecular weight excluding hydrogens is 429 g/mol. The van der Waals surface area contributed by atoms with E-state index in [1.54, 1.807) is 24.3 Å². The molecule has 1 aliphatic rings. The fraction of sp³-hybridized carbons (Fsp3) is 0.316. The summed E-state index contributed by atoms with van der Waals surface area (Å²) in [7, 11) is 0. The van der Waals surface area contributed by atoms with Crippen LogP contribution >= 0.6 is 23.4 Å². The number of hydrogen-bond acceptors (Lipinski definition) is 5. The second kappa shape index (κ2) is 8.23. The molecule has 29 heavy (non-hydrogen) atoms. The maximum absolute atomic E-state index is 12.6. The van der Waals surface area contributed by atoms with E-state index in [0.717, 1.165) is 23.4 Å².